The average Bonchev–Trinajstić information content (AvgIpc) is 2.73. The summed E-state index contributed by atoms with van der Waals surface area (Å²) >= 11 is 5.78. The first-order valence-corrected chi connectivity index (χ1v) is 10.1. The lowest BCUT2D eigenvalue weighted by Crippen LogP contribution is -2.37. The van der Waals surface area contributed by atoms with Gasteiger partial charge in [-0.25, -0.2) is 0 Å². The average molecular weight is 445 g/mol. The van der Waals surface area contributed by atoms with Gasteiger partial charge in [-0.2, -0.15) is 0 Å². The second kappa shape index (κ2) is 11.3. The van der Waals surface area contributed by atoms with E-state index in [1.807, 2.05) is 32.0 Å². The van der Waals surface area contributed by atoms with E-state index in [4.69, 9.17) is 16.3 Å². The summed E-state index contributed by atoms with van der Waals surface area (Å²) in [7, 11) is 1.45. The van der Waals surface area contributed by atoms with E-state index in [2.05, 4.69) is 5.32 Å². The number of carbonyl (C=O) groups is 4. The number of ether oxygens (including phenoxy) is 1. The van der Waals surface area contributed by atoms with E-state index < -0.39 is 18.5 Å². The third kappa shape index (κ3) is 7.53. The molecular weight excluding hydrogens is 420 g/mol. The van der Waals surface area contributed by atoms with Crippen molar-refractivity contribution in [1.29, 1.82) is 0 Å². The van der Waals surface area contributed by atoms with Gasteiger partial charge in [0.05, 0.1) is 13.0 Å². The van der Waals surface area contributed by atoms with Gasteiger partial charge in [-0.1, -0.05) is 29.8 Å². The highest BCUT2D eigenvalue weighted by Gasteiger charge is 2.17. The summed E-state index contributed by atoms with van der Waals surface area (Å²) in [4.78, 5) is 49.5. The molecule has 0 aliphatic heterocycles. The number of hydrogen-bond acceptors (Lipinski definition) is 5. The van der Waals surface area contributed by atoms with Gasteiger partial charge < -0.3 is 15.0 Å². The number of carbonyl (C=O) groups excluding carboxylic acids is 4. The van der Waals surface area contributed by atoms with Crippen molar-refractivity contribution in [2.75, 3.05) is 25.5 Å². The zero-order valence-corrected chi connectivity index (χ0v) is 18.5. The first kappa shape index (κ1) is 24.1. The number of nitrogens with one attached hydrogen (secondary N) is 1. The molecule has 0 bridgehead atoms. The minimum atomic E-state index is -0.663. The number of amides is 2. The fraction of sp³-hybridized carbons (Fsp3) is 0.304. The molecule has 2 aromatic rings. The van der Waals surface area contributed by atoms with Crippen molar-refractivity contribution in [1.82, 2.24) is 4.90 Å². The molecule has 0 aliphatic rings. The van der Waals surface area contributed by atoms with E-state index in [0.717, 1.165) is 11.1 Å². The number of likely N-dealkylation sites (N-methyl/N-ethyl adjacent to an activating group) is 1. The van der Waals surface area contributed by atoms with Crippen LogP contribution in [0.3, 0.4) is 0 Å². The highest BCUT2D eigenvalue weighted by molar-refractivity contribution is 6.30. The van der Waals surface area contributed by atoms with E-state index in [1.165, 1.54) is 11.9 Å². The van der Waals surface area contributed by atoms with Crippen LogP contribution in [0.2, 0.25) is 5.02 Å². The minimum Gasteiger partial charge on any atom is -0.456 e. The van der Waals surface area contributed by atoms with Gasteiger partial charge in [-0.3, -0.25) is 19.2 Å². The van der Waals surface area contributed by atoms with Crippen LogP contribution >= 0.6 is 11.6 Å². The van der Waals surface area contributed by atoms with Crippen molar-refractivity contribution in [3.8, 4) is 0 Å². The summed E-state index contributed by atoms with van der Waals surface area (Å²) in [5, 5.41) is 3.31. The Labute approximate surface area is 186 Å². The van der Waals surface area contributed by atoms with E-state index in [9.17, 15) is 19.2 Å². The van der Waals surface area contributed by atoms with E-state index in [1.54, 1.807) is 24.3 Å². The van der Waals surface area contributed by atoms with Crippen LogP contribution in [-0.4, -0.2) is 48.7 Å². The molecule has 0 aliphatic carbocycles. The second-order valence-electron chi connectivity index (χ2n) is 7.16. The molecule has 0 unspecified atom stereocenters. The molecule has 2 rings (SSSR count). The van der Waals surface area contributed by atoms with Crippen LogP contribution in [-0.2, 0) is 19.1 Å². The molecule has 7 nitrogen and oxygen atoms in total. The number of esters is 1. The largest absolute Gasteiger partial charge is 0.456 e. The molecule has 8 heteroatoms. The normalized spacial score (nSPS) is 10.3. The SMILES string of the molecule is Cc1cccc(C)c1NC(=O)CN(C)C(=O)COC(=O)CCC(=O)c1ccc(Cl)cc1. The van der Waals surface area contributed by atoms with Crippen LogP contribution in [0.25, 0.3) is 0 Å². The Morgan fingerprint density at radius 2 is 1.58 bits per heavy atom. The van der Waals surface area contributed by atoms with Gasteiger partial charge in [0.2, 0.25) is 5.91 Å². The third-order valence-electron chi connectivity index (χ3n) is 4.63. The summed E-state index contributed by atoms with van der Waals surface area (Å²) in [6, 6.07) is 12.0. The predicted molar refractivity (Wildman–Crippen MR) is 118 cm³/mol. The third-order valence-corrected chi connectivity index (χ3v) is 4.88. The van der Waals surface area contributed by atoms with Crippen molar-refractivity contribution in [3.05, 3.63) is 64.2 Å². The molecule has 0 aromatic heterocycles. The number of benzene rings is 2. The molecule has 0 heterocycles. The summed E-state index contributed by atoms with van der Waals surface area (Å²) in [5.41, 5.74) is 3.00. The van der Waals surface area contributed by atoms with Gasteiger partial charge in [0.15, 0.2) is 12.4 Å². The summed E-state index contributed by atoms with van der Waals surface area (Å²) in [6.07, 6.45) is -0.186. The molecule has 0 saturated heterocycles. The molecular formula is C23H25ClN2O5. The standard InChI is InChI=1S/C23H25ClN2O5/c1-15-5-4-6-16(2)23(15)25-20(28)13-26(3)21(29)14-31-22(30)12-11-19(27)17-7-9-18(24)10-8-17/h4-10H,11-14H2,1-3H3,(H,25,28). The molecule has 2 aromatic carbocycles. The lowest BCUT2D eigenvalue weighted by atomic mass is 10.1. The second-order valence-corrected chi connectivity index (χ2v) is 7.59. The molecule has 0 saturated carbocycles. The van der Waals surface area contributed by atoms with Gasteiger partial charge in [0, 0.05) is 29.7 Å². The maximum Gasteiger partial charge on any atom is 0.306 e. The van der Waals surface area contributed by atoms with Crippen molar-refractivity contribution < 1.29 is 23.9 Å². The first-order valence-electron chi connectivity index (χ1n) is 9.71. The van der Waals surface area contributed by atoms with Gasteiger partial charge in [0.25, 0.3) is 5.91 Å². The van der Waals surface area contributed by atoms with Crippen LogP contribution in [0.4, 0.5) is 5.69 Å². The Morgan fingerprint density at radius 3 is 2.19 bits per heavy atom. The zero-order valence-electron chi connectivity index (χ0n) is 17.7. The Balaban J connectivity index is 1.74. The Morgan fingerprint density at radius 1 is 0.968 bits per heavy atom. The smallest absolute Gasteiger partial charge is 0.306 e. The number of hydrogen-bond donors (Lipinski definition) is 1. The minimum absolute atomic E-state index is 0.0390. The predicted octanol–water partition coefficient (Wildman–Crippen LogP) is 3.56. The van der Waals surface area contributed by atoms with Crippen LogP contribution in [0, 0.1) is 13.8 Å². The number of ketones is 1. The van der Waals surface area contributed by atoms with Crippen molar-refractivity contribution in [2.24, 2.45) is 0 Å². The van der Waals surface area contributed by atoms with Gasteiger partial charge in [-0.15, -0.1) is 0 Å². The number of anilines is 1. The molecule has 0 atom stereocenters. The topological polar surface area (TPSA) is 92.8 Å². The fourth-order valence-electron chi connectivity index (χ4n) is 2.81. The van der Waals surface area contributed by atoms with Crippen molar-refractivity contribution in [2.45, 2.75) is 26.7 Å². The molecule has 0 radical (unpaired) electrons. The number of halogens is 1. The maximum atomic E-state index is 12.2. The van der Waals surface area contributed by atoms with Crippen LogP contribution in [0.1, 0.15) is 34.3 Å². The van der Waals surface area contributed by atoms with Gasteiger partial charge >= 0.3 is 5.97 Å². The number of para-hydroxylation sites is 1. The number of aryl methyl sites for hydroxylation is 2. The van der Waals surface area contributed by atoms with Crippen LogP contribution < -0.4 is 5.32 Å². The first-order chi connectivity index (χ1) is 14.7. The molecule has 0 spiro atoms. The van der Waals surface area contributed by atoms with Crippen LogP contribution in [0.5, 0.6) is 0 Å². The Bertz CT molecular complexity index is 952. The van der Waals surface area contributed by atoms with Crippen molar-refractivity contribution in [3.63, 3.8) is 0 Å². The lowest BCUT2D eigenvalue weighted by Gasteiger charge is -2.18. The van der Waals surface area contributed by atoms with Crippen molar-refractivity contribution >= 4 is 40.9 Å². The fourth-order valence-corrected chi connectivity index (χ4v) is 2.94. The highest BCUT2D eigenvalue weighted by Crippen LogP contribution is 2.19. The number of rotatable bonds is 9. The van der Waals surface area contributed by atoms with E-state index in [0.29, 0.717) is 16.3 Å². The molecule has 164 valence electrons. The quantitative estimate of drug-likeness (QED) is 0.471. The lowest BCUT2D eigenvalue weighted by molar-refractivity contribution is -0.151. The maximum absolute atomic E-state index is 12.2. The monoisotopic (exact) mass is 444 g/mol. The number of Topliss-reactive ketones (excluding diaryl/α,β-unsaturated/α-hetero) is 1. The molecule has 1 N–H and O–H groups in total. The molecule has 31 heavy (non-hydrogen) atoms. The summed E-state index contributed by atoms with van der Waals surface area (Å²) in [6.45, 7) is 3.09. The zero-order chi connectivity index (χ0) is 23.0. The highest BCUT2D eigenvalue weighted by atomic mass is 35.5. The molecule has 2 amide bonds. The van der Waals surface area contributed by atoms with Gasteiger partial charge in [0.1, 0.15) is 0 Å². The van der Waals surface area contributed by atoms with E-state index >= 15 is 0 Å². The Kier molecular flexibility index (Phi) is 8.75. The van der Waals surface area contributed by atoms with Crippen LogP contribution in [0.15, 0.2) is 42.5 Å². The van der Waals surface area contributed by atoms with E-state index in [-0.39, 0.29) is 31.1 Å². The van der Waals surface area contributed by atoms with Gasteiger partial charge in [-0.05, 0) is 49.2 Å². The number of nitrogens with zero attached hydrogens (tertiary/aromatic N) is 1. The summed E-state index contributed by atoms with van der Waals surface area (Å²) in [5.74, 6) is -1.76. The molecule has 0 fully saturated rings. The summed E-state index contributed by atoms with van der Waals surface area (Å²) < 4.78 is 4.93. The Hall–Kier alpha value is -3.19.